The van der Waals surface area contributed by atoms with Crippen LogP contribution in [-0.4, -0.2) is 70.6 Å². The summed E-state index contributed by atoms with van der Waals surface area (Å²) in [4.78, 5) is 28.2. The largest absolute Gasteiger partial charge is 0.588 e. The van der Waals surface area contributed by atoms with Gasteiger partial charge < -0.3 is 39.2 Å². The van der Waals surface area contributed by atoms with Crippen LogP contribution in [0, 0.1) is 5.92 Å². The van der Waals surface area contributed by atoms with E-state index >= 15 is 0 Å². The van der Waals surface area contributed by atoms with Crippen molar-refractivity contribution in [2.24, 2.45) is 5.92 Å². The molecule has 1 aliphatic heterocycles. The van der Waals surface area contributed by atoms with Gasteiger partial charge in [0.25, 0.3) is 0 Å². The number of carbonyl (C=O) groups is 2. The number of aliphatic hydroxyl groups is 3. The third-order valence-electron chi connectivity index (χ3n) is 14.8. The molecule has 1 aliphatic rings. The van der Waals surface area contributed by atoms with E-state index in [9.17, 15) is 29.5 Å². The predicted molar refractivity (Wildman–Crippen MR) is 304 cm³/mol. The second-order valence-corrected chi connectivity index (χ2v) is 23.1. The lowest BCUT2D eigenvalue weighted by Gasteiger charge is -2.44. The number of hydrogen-bond donors (Lipinski definition) is 4. The molecule has 0 spiro atoms. The van der Waals surface area contributed by atoms with Gasteiger partial charge in [-0.1, -0.05) is 263 Å². The maximum Gasteiger partial charge on any atom is 0.588 e. The van der Waals surface area contributed by atoms with E-state index in [-0.39, 0.29) is 30.3 Å². The molecule has 0 bridgehead atoms. The van der Waals surface area contributed by atoms with Gasteiger partial charge in [0.15, 0.2) is 12.4 Å². The van der Waals surface area contributed by atoms with Gasteiger partial charge in [-0.2, -0.15) is 0 Å². The van der Waals surface area contributed by atoms with Crippen molar-refractivity contribution in [3.8, 4) is 11.5 Å². The van der Waals surface area contributed by atoms with Gasteiger partial charge in [0, 0.05) is 6.42 Å². The monoisotopic (exact) mass is 1070 g/mol. The summed E-state index contributed by atoms with van der Waals surface area (Å²) in [6.45, 7) is 5.97. The first-order valence-corrected chi connectivity index (χ1v) is 32.0. The molecule has 1 heterocycles. The maximum absolute atomic E-state index is 14.9. The second-order valence-electron chi connectivity index (χ2n) is 21.7. The van der Waals surface area contributed by atoms with E-state index in [1.807, 2.05) is 0 Å². The predicted octanol–water partition coefficient (Wildman–Crippen LogP) is 16.2. The molecular formula is C62H106NO11P. The minimum Gasteiger partial charge on any atom is -0.457 e. The Bertz CT molecular complexity index is 1680. The average Bonchev–Trinajstić information content (AvgIpc) is 3.39. The molecule has 2 aromatic rings. The number of rotatable bonds is 48. The van der Waals surface area contributed by atoms with Gasteiger partial charge in [-0.3, -0.25) is 14.1 Å². The number of nitrogens with one attached hydrogen (secondary N) is 1. The first-order valence-electron chi connectivity index (χ1n) is 30.5. The number of ether oxygens (including phenoxy) is 2. The molecule has 1 saturated heterocycles. The summed E-state index contributed by atoms with van der Waals surface area (Å²) < 4.78 is 45.3. The number of esters is 1. The number of unbranched alkanes of at least 4 members (excludes halogenated alkanes) is 29. The molecule has 7 atom stereocenters. The molecule has 75 heavy (non-hydrogen) atoms. The molecular weight excluding hydrogens is 966 g/mol. The third-order valence-corrected chi connectivity index (χ3v) is 16.2. The maximum atomic E-state index is 14.9. The van der Waals surface area contributed by atoms with Crippen LogP contribution in [0.15, 0.2) is 60.7 Å². The SMILES string of the molecule is CCCCCCCCCCCCCCCCCC[C@H](CCCCCCCCC)CC(=O)O[C@@H]1[C@H](NC(=O)C[C@H](O)CCCCCCCCCCC)[C@@H](O)O[C@H](CO)[C@H]1OP(=O)(Oc1ccccc1)Oc1ccccc1. The summed E-state index contributed by atoms with van der Waals surface area (Å²) in [7, 11) is -4.71. The topological polar surface area (TPSA) is 170 Å². The molecule has 13 heteroatoms. The van der Waals surface area contributed by atoms with Crippen molar-refractivity contribution < 1.29 is 52.5 Å². The number of benzene rings is 2. The zero-order valence-electron chi connectivity index (χ0n) is 47.2. The first-order chi connectivity index (χ1) is 36.6. The molecule has 3 rings (SSSR count). The summed E-state index contributed by atoms with van der Waals surface area (Å²) in [5, 5.41) is 36.0. The summed E-state index contributed by atoms with van der Waals surface area (Å²) in [5.74, 6) is -0.809. The molecule has 0 aliphatic carbocycles. The van der Waals surface area contributed by atoms with Gasteiger partial charge >= 0.3 is 13.8 Å². The highest BCUT2D eigenvalue weighted by atomic mass is 31.2. The minimum absolute atomic E-state index is 0.0377. The van der Waals surface area contributed by atoms with Crippen molar-refractivity contribution >= 4 is 19.7 Å². The Hall–Kier alpha value is -2.99. The zero-order chi connectivity index (χ0) is 54.0. The lowest BCUT2D eigenvalue weighted by Crippen LogP contribution is -2.66. The van der Waals surface area contributed by atoms with E-state index in [4.69, 9.17) is 23.0 Å². The second kappa shape index (κ2) is 43.0. The fourth-order valence-electron chi connectivity index (χ4n) is 10.3. The number of aliphatic hydroxyl groups excluding tert-OH is 3. The number of para-hydroxylation sites is 2. The Morgan fingerprint density at radius 3 is 1.31 bits per heavy atom. The molecule has 0 radical (unpaired) electrons. The highest BCUT2D eigenvalue weighted by Gasteiger charge is 2.53. The van der Waals surface area contributed by atoms with Crippen LogP contribution in [0.4, 0.5) is 0 Å². The van der Waals surface area contributed by atoms with Crippen molar-refractivity contribution in [3.63, 3.8) is 0 Å². The molecule has 1 amide bonds. The number of amides is 1. The Kier molecular flexibility index (Phi) is 38.0. The van der Waals surface area contributed by atoms with E-state index in [2.05, 4.69) is 26.1 Å². The molecule has 0 aromatic heterocycles. The molecule has 0 saturated carbocycles. The van der Waals surface area contributed by atoms with Gasteiger partial charge in [0.1, 0.15) is 29.7 Å². The standard InChI is InChI=1S/C62H106NO11P/c1-4-7-10-13-16-18-19-20-21-22-23-24-26-28-31-36-43-52(42-35-30-27-15-12-9-6-3)49-58(67)71-61-59(63-57(66)50-53(65)44-37-32-29-25-17-14-11-8-5-2)62(68)70-56(51-64)60(61)74-75(69,72-54-45-38-33-39-46-54)73-55-47-40-34-41-48-55/h33-34,38-41,45-48,52-53,56,59-62,64-65,68H,4-32,35-37,42-44,49-51H2,1-3H3,(H,63,66)/t52-,53+,56+,59-,60+,61+,62-/m0/s1. The quantitative estimate of drug-likeness (QED) is 0.0283. The summed E-state index contributed by atoms with van der Waals surface area (Å²) in [5.41, 5.74) is 0. The smallest absolute Gasteiger partial charge is 0.457 e. The van der Waals surface area contributed by atoms with E-state index < -0.39 is 63.1 Å². The van der Waals surface area contributed by atoms with Crippen LogP contribution in [0.25, 0.3) is 0 Å². The van der Waals surface area contributed by atoms with Gasteiger partial charge in [-0.25, -0.2) is 4.57 Å². The van der Waals surface area contributed by atoms with Crippen LogP contribution >= 0.6 is 7.82 Å². The van der Waals surface area contributed by atoms with Crippen molar-refractivity contribution in [3.05, 3.63) is 60.7 Å². The minimum atomic E-state index is -4.71. The molecule has 0 unspecified atom stereocenters. The zero-order valence-corrected chi connectivity index (χ0v) is 48.1. The Morgan fingerprint density at radius 1 is 0.547 bits per heavy atom. The van der Waals surface area contributed by atoms with E-state index in [0.717, 1.165) is 70.6 Å². The van der Waals surface area contributed by atoms with Crippen LogP contribution in [-0.2, 0) is 28.2 Å². The molecule has 4 N–H and O–H groups in total. The van der Waals surface area contributed by atoms with Gasteiger partial charge in [-0.15, -0.1) is 0 Å². The Morgan fingerprint density at radius 2 is 0.920 bits per heavy atom. The van der Waals surface area contributed by atoms with Crippen molar-refractivity contribution in [2.45, 2.75) is 295 Å². The average molecular weight is 1070 g/mol. The van der Waals surface area contributed by atoms with Crippen LogP contribution in [0.1, 0.15) is 258 Å². The van der Waals surface area contributed by atoms with E-state index in [1.165, 1.54) is 148 Å². The van der Waals surface area contributed by atoms with Crippen molar-refractivity contribution in [1.82, 2.24) is 5.32 Å². The van der Waals surface area contributed by atoms with Gasteiger partial charge in [-0.05, 0) is 49.4 Å². The van der Waals surface area contributed by atoms with Crippen LogP contribution < -0.4 is 14.4 Å². The normalized spacial score (nSPS) is 18.6. The van der Waals surface area contributed by atoms with Crippen LogP contribution in [0.2, 0.25) is 0 Å². The van der Waals surface area contributed by atoms with Crippen molar-refractivity contribution in [1.29, 1.82) is 0 Å². The highest BCUT2D eigenvalue weighted by Crippen LogP contribution is 2.52. The van der Waals surface area contributed by atoms with Gasteiger partial charge in [0.05, 0.1) is 19.1 Å². The summed E-state index contributed by atoms with van der Waals surface area (Å²) >= 11 is 0. The molecule has 1 fully saturated rings. The van der Waals surface area contributed by atoms with Crippen molar-refractivity contribution in [2.75, 3.05) is 6.61 Å². The van der Waals surface area contributed by atoms with Crippen LogP contribution in [0.3, 0.4) is 0 Å². The number of phosphoric acid groups is 1. The number of hydrogen-bond acceptors (Lipinski definition) is 11. The van der Waals surface area contributed by atoms with E-state index in [0.29, 0.717) is 6.42 Å². The highest BCUT2D eigenvalue weighted by molar-refractivity contribution is 7.49. The number of phosphoric ester groups is 1. The van der Waals surface area contributed by atoms with Crippen LogP contribution in [0.5, 0.6) is 11.5 Å². The molecule has 430 valence electrons. The first kappa shape index (κ1) is 66.3. The molecule has 12 nitrogen and oxygen atoms in total. The van der Waals surface area contributed by atoms with E-state index in [1.54, 1.807) is 60.7 Å². The lowest BCUT2D eigenvalue weighted by atomic mass is 9.91. The Labute approximate surface area is 455 Å². The summed E-state index contributed by atoms with van der Waals surface area (Å²) in [6, 6.07) is 15.2. The van der Waals surface area contributed by atoms with Gasteiger partial charge in [0.2, 0.25) is 5.91 Å². The fourth-order valence-corrected chi connectivity index (χ4v) is 11.8. The lowest BCUT2D eigenvalue weighted by molar-refractivity contribution is -0.255. The number of carbonyl (C=O) groups excluding carboxylic acids is 2. The fraction of sp³-hybridized carbons (Fsp3) is 0.774. The third kappa shape index (κ3) is 31.3. The summed E-state index contributed by atoms with van der Waals surface area (Å²) in [6.07, 6.45) is 33.7. The Balaban J connectivity index is 1.74. The molecule has 2 aromatic carbocycles.